The van der Waals surface area contributed by atoms with Crippen LogP contribution in [0.15, 0.2) is 29.3 Å². The van der Waals surface area contributed by atoms with Gasteiger partial charge in [0.15, 0.2) is 5.96 Å². The third-order valence-corrected chi connectivity index (χ3v) is 7.24. The smallest absolute Gasteiger partial charge is 0.191 e. The van der Waals surface area contributed by atoms with E-state index in [0.29, 0.717) is 12.0 Å². The van der Waals surface area contributed by atoms with Crippen molar-refractivity contribution in [3.05, 3.63) is 35.6 Å². The molecule has 5 nitrogen and oxygen atoms in total. The Balaban J connectivity index is 1.15. The SMILES string of the molecule is CN=C(NCC1CCN(Cc2ccccc2F)CC1)NC1CCN(C2CCCC2)C1. The molecule has 2 aliphatic heterocycles. The van der Waals surface area contributed by atoms with Crippen molar-refractivity contribution in [1.82, 2.24) is 20.4 Å². The molecule has 2 heterocycles. The quantitative estimate of drug-likeness (QED) is 0.553. The average Bonchev–Trinajstić information content (AvgIpc) is 3.46. The first-order chi connectivity index (χ1) is 14.7. The van der Waals surface area contributed by atoms with E-state index in [1.165, 1.54) is 38.6 Å². The Kier molecular flexibility index (Phi) is 7.61. The van der Waals surface area contributed by atoms with Crippen molar-refractivity contribution in [1.29, 1.82) is 0 Å². The lowest BCUT2D eigenvalue weighted by atomic mass is 9.96. The van der Waals surface area contributed by atoms with E-state index in [9.17, 15) is 4.39 Å². The number of piperidine rings is 1. The summed E-state index contributed by atoms with van der Waals surface area (Å²) in [6.07, 6.45) is 9.09. The first kappa shape index (κ1) is 21.6. The second-order valence-corrected chi connectivity index (χ2v) is 9.33. The van der Waals surface area contributed by atoms with E-state index in [1.54, 1.807) is 12.1 Å². The highest BCUT2D eigenvalue weighted by molar-refractivity contribution is 5.80. The standard InChI is InChI=1S/C24H38FN5/c1-26-24(28-21-12-15-30(18-21)22-7-3-4-8-22)27-16-19-10-13-29(14-11-19)17-20-6-2-5-9-23(20)25/h2,5-6,9,19,21-22H,3-4,7-8,10-18H2,1H3,(H2,26,27,28). The summed E-state index contributed by atoms with van der Waals surface area (Å²) < 4.78 is 13.9. The largest absolute Gasteiger partial charge is 0.356 e. The van der Waals surface area contributed by atoms with Crippen molar-refractivity contribution in [3.8, 4) is 0 Å². The molecule has 2 saturated heterocycles. The molecule has 2 N–H and O–H groups in total. The maximum absolute atomic E-state index is 13.9. The van der Waals surface area contributed by atoms with Gasteiger partial charge in [-0.2, -0.15) is 0 Å². The molecule has 6 heteroatoms. The van der Waals surface area contributed by atoms with Crippen LogP contribution in [-0.4, -0.2) is 67.6 Å². The molecule has 0 spiro atoms. The molecular weight excluding hydrogens is 377 g/mol. The molecule has 0 radical (unpaired) electrons. The van der Waals surface area contributed by atoms with E-state index in [4.69, 9.17) is 0 Å². The number of halogens is 1. The van der Waals surface area contributed by atoms with Crippen LogP contribution in [0.1, 0.15) is 50.5 Å². The van der Waals surface area contributed by atoms with Gasteiger partial charge in [0.2, 0.25) is 0 Å². The Morgan fingerprint density at radius 2 is 1.83 bits per heavy atom. The van der Waals surface area contributed by atoms with Gasteiger partial charge in [-0.05, 0) is 57.2 Å². The van der Waals surface area contributed by atoms with Crippen LogP contribution in [0.4, 0.5) is 4.39 Å². The van der Waals surface area contributed by atoms with Gasteiger partial charge in [0.1, 0.15) is 5.82 Å². The third-order valence-electron chi connectivity index (χ3n) is 7.24. The highest BCUT2D eigenvalue weighted by Crippen LogP contribution is 2.26. The van der Waals surface area contributed by atoms with Gasteiger partial charge in [0.05, 0.1) is 0 Å². The van der Waals surface area contributed by atoms with E-state index < -0.39 is 0 Å². The van der Waals surface area contributed by atoms with E-state index in [-0.39, 0.29) is 5.82 Å². The molecule has 3 aliphatic rings. The van der Waals surface area contributed by atoms with Crippen LogP contribution in [0.25, 0.3) is 0 Å². The first-order valence-electron chi connectivity index (χ1n) is 11.9. The van der Waals surface area contributed by atoms with E-state index in [2.05, 4.69) is 25.4 Å². The fourth-order valence-electron chi connectivity index (χ4n) is 5.35. The van der Waals surface area contributed by atoms with Crippen LogP contribution in [0.5, 0.6) is 0 Å². The van der Waals surface area contributed by atoms with Crippen LogP contribution in [0.3, 0.4) is 0 Å². The zero-order valence-corrected chi connectivity index (χ0v) is 18.5. The zero-order chi connectivity index (χ0) is 20.8. The molecule has 0 bridgehead atoms. The molecule has 3 fully saturated rings. The summed E-state index contributed by atoms with van der Waals surface area (Å²) in [6.45, 7) is 6.12. The summed E-state index contributed by atoms with van der Waals surface area (Å²) in [5.41, 5.74) is 0.807. The molecule has 1 unspecified atom stereocenters. The average molecular weight is 416 g/mol. The summed E-state index contributed by atoms with van der Waals surface area (Å²) in [5, 5.41) is 7.22. The lowest BCUT2D eigenvalue weighted by Gasteiger charge is -2.32. The Bertz CT molecular complexity index is 695. The number of hydrogen-bond acceptors (Lipinski definition) is 3. The monoisotopic (exact) mass is 415 g/mol. The van der Waals surface area contributed by atoms with Crippen molar-refractivity contribution in [2.24, 2.45) is 10.9 Å². The van der Waals surface area contributed by atoms with Crippen LogP contribution >= 0.6 is 0 Å². The van der Waals surface area contributed by atoms with Gasteiger partial charge in [-0.25, -0.2) is 4.39 Å². The summed E-state index contributed by atoms with van der Waals surface area (Å²) in [5.74, 6) is 1.51. The molecule has 1 aliphatic carbocycles. The maximum Gasteiger partial charge on any atom is 0.191 e. The number of guanidine groups is 1. The van der Waals surface area contributed by atoms with Crippen molar-refractivity contribution >= 4 is 5.96 Å². The van der Waals surface area contributed by atoms with Crippen molar-refractivity contribution in [2.75, 3.05) is 39.8 Å². The normalized spacial score (nSPS) is 25.1. The molecule has 1 aromatic rings. The molecule has 0 aromatic heterocycles. The van der Waals surface area contributed by atoms with Gasteiger partial charge in [0, 0.05) is 50.9 Å². The van der Waals surface area contributed by atoms with Crippen molar-refractivity contribution in [3.63, 3.8) is 0 Å². The lowest BCUT2D eigenvalue weighted by molar-refractivity contribution is 0.176. The zero-order valence-electron chi connectivity index (χ0n) is 18.5. The lowest BCUT2D eigenvalue weighted by Crippen LogP contribution is -2.47. The molecule has 0 amide bonds. The number of rotatable bonds is 6. The first-order valence-corrected chi connectivity index (χ1v) is 11.9. The second kappa shape index (κ2) is 10.6. The maximum atomic E-state index is 13.9. The molecule has 1 atom stereocenters. The Hall–Kier alpha value is -1.66. The Morgan fingerprint density at radius 3 is 2.57 bits per heavy atom. The van der Waals surface area contributed by atoms with Gasteiger partial charge >= 0.3 is 0 Å². The van der Waals surface area contributed by atoms with Crippen molar-refractivity contribution < 1.29 is 4.39 Å². The van der Waals surface area contributed by atoms with E-state index >= 15 is 0 Å². The summed E-state index contributed by atoms with van der Waals surface area (Å²) in [7, 11) is 1.87. The second-order valence-electron chi connectivity index (χ2n) is 9.33. The minimum atomic E-state index is -0.0884. The number of nitrogens with zero attached hydrogens (tertiary/aromatic N) is 3. The minimum Gasteiger partial charge on any atom is -0.356 e. The van der Waals surface area contributed by atoms with E-state index in [1.807, 2.05) is 19.2 Å². The summed E-state index contributed by atoms with van der Waals surface area (Å²) >= 11 is 0. The Labute approximate surface area is 181 Å². The van der Waals surface area contributed by atoms with Gasteiger partial charge < -0.3 is 10.6 Å². The van der Waals surface area contributed by atoms with Gasteiger partial charge in [-0.1, -0.05) is 31.0 Å². The van der Waals surface area contributed by atoms with Crippen LogP contribution in [0, 0.1) is 11.7 Å². The number of nitrogens with one attached hydrogen (secondary N) is 2. The van der Waals surface area contributed by atoms with Crippen molar-refractivity contribution in [2.45, 2.75) is 63.6 Å². The van der Waals surface area contributed by atoms with Gasteiger partial charge in [0.25, 0.3) is 0 Å². The van der Waals surface area contributed by atoms with Gasteiger partial charge in [-0.3, -0.25) is 14.8 Å². The fourth-order valence-corrected chi connectivity index (χ4v) is 5.35. The third kappa shape index (κ3) is 5.73. The topological polar surface area (TPSA) is 42.9 Å². The number of likely N-dealkylation sites (tertiary alicyclic amines) is 2. The van der Waals surface area contributed by atoms with Gasteiger partial charge in [-0.15, -0.1) is 0 Å². The van der Waals surface area contributed by atoms with Crippen LogP contribution in [-0.2, 0) is 6.54 Å². The Morgan fingerprint density at radius 1 is 1.07 bits per heavy atom. The summed E-state index contributed by atoms with van der Waals surface area (Å²) in [6, 6.07) is 8.47. The molecule has 166 valence electrons. The molecule has 4 rings (SSSR count). The molecule has 30 heavy (non-hydrogen) atoms. The molecular formula is C24H38FN5. The van der Waals surface area contributed by atoms with E-state index in [0.717, 1.165) is 63.1 Å². The fraction of sp³-hybridized carbons (Fsp3) is 0.708. The predicted molar refractivity (Wildman–Crippen MR) is 121 cm³/mol. The highest BCUT2D eigenvalue weighted by Gasteiger charge is 2.30. The number of aliphatic imine (C=N–C) groups is 1. The molecule has 1 saturated carbocycles. The van der Waals surface area contributed by atoms with Crippen LogP contribution < -0.4 is 10.6 Å². The predicted octanol–water partition coefficient (Wildman–Crippen LogP) is 3.22. The number of hydrogen-bond donors (Lipinski definition) is 2. The highest BCUT2D eigenvalue weighted by atomic mass is 19.1. The summed E-state index contributed by atoms with van der Waals surface area (Å²) in [4.78, 5) is 9.52. The molecule has 1 aromatic carbocycles. The van der Waals surface area contributed by atoms with Crippen LogP contribution in [0.2, 0.25) is 0 Å². The minimum absolute atomic E-state index is 0.0884. The number of benzene rings is 1.